The van der Waals surface area contributed by atoms with Gasteiger partial charge in [0.05, 0.1) is 32.3 Å². The molecule has 0 aromatic heterocycles. The van der Waals surface area contributed by atoms with Gasteiger partial charge >= 0.3 is 0 Å². The fourth-order valence-corrected chi connectivity index (χ4v) is 3.18. The average molecular weight is 350 g/mol. The summed E-state index contributed by atoms with van der Waals surface area (Å²) in [6.07, 6.45) is 0.172. The van der Waals surface area contributed by atoms with E-state index in [0.29, 0.717) is 32.1 Å². The van der Waals surface area contributed by atoms with Crippen molar-refractivity contribution >= 4 is 11.8 Å². The maximum Gasteiger partial charge on any atom is 0.226 e. The molecule has 0 bridgehead atoms. The summed E-state index contributed by atoms with van der Waals surface area (Å²) in [7, 11) is 4.76. The van der Waals surface area contributed by atoms with Crippen LogP contribution in [0.5, 0.6) is 5.75 Å². The first kappa shape index (κ1) is 19.2. The zero-order valence-electron chi connectivity index (χ0n) is 15.0. The van der Waals surface area contributed by atoms with Gasteiger partial charge in [0.2, 0.25) is 11.8 Å². The monoisotopic (exact) mass is 350 g/mol. The van der Waals surface area contributed by atoms with E-state index in [1.807, 2.05) is 24.3 Å². The second-order valence-electron chi connectivity index (χ2n) is 5.86. The van der Waals surface area contributed by atoms with Crippen LogP contribution < -0.4 is 10.1 Å². The van der Waals surface area contributed by atoms with E-state index in [-0.39, 0.29) is 24.3 Å². The number of nitrogens with one attached hydrogen (secondary N) is 1. The highest BCUT2D eigenvalue weighted by Gasteiger charge is 2.45. The highest BCUT2D eigenvalue weighted by atomic mass is 16.5. The number of ether oxygens (including phenoxy) is 3. The third kappa shape index (κ3) is 4.49. The molecule has 0 aliphatic carbocycles. The molecule has 7 heteroatoms. The fourth-order valence-electron chi connectivity index (χ4n) is 3.18. The lowest BCUT2D eigenvalue weighted by Gasteiger charge is -2.29. The minimum Gasteiger partial charge on any atom is -0.496 e. The molecule has 0 saturated carbocycles. The number of amides is 2. The molecular formula is C18H26N2O5. The van der Waals surface area contributed by atoms with Crippen LogP contribution in [0.1, 0.15) is 18.0 Å². The second-order valence-corrected chi connectivity index (χ2v) is 5.86. The SMILES string of the molecule is COCCNC(=O)[C@@H]1CC(=O)N(CCOC)[C@H]1c1ccccc1OC. The molecule has 1 aliphatic rings. The summed E-state index contributed by atoms with van der Waals surface area (Å²) >= 11 is 0. The van der Waals surface area contributed by atoms with Gasteiger partial charge in [-0.2, -0.15) is 0 Å². The van der Waals surface area contributed by atoms with Gasteiger partial charge in [0.1, 0.15) is 5.75 Å². The molecule has 2 rings (SSSR count). The highest BCUT2D eigenvalue weighted by Crippen LogP contribution is 2.41. The summed E-state index contributed by atoms with van der Waals surface area (Å²) in [5.41, 5.74) is 0.832. The molecule has 25 heavy (non-hydrogen) atoms. The van der Waals surface area contributed by atoms with E-state index in [4.69, 9.17) is 14.2 Å². The van der Waals surface area contributed by atoms with E-state index in [1.54, 1.807) is 26.2 Å². The lowest BCUT2D eigenvalue weighted by molar-refractivity contribution is -0.129. The maximum absolute atomic E-state index is 12.7. The Labute approximate surface area is 148 Å². The van der Waals surface area contributed by atoms with Crippen LogP contribution >= 0.6 is 0 Å². The number of hydrogen-bond acceptors (Lipinski definition) is 5. The van der Waals surface area contributed by atoms with Crippen LogP contribution in [-0.2, 0) is 19.1 Å². The minimum absolute atomic E-state index is 0.0557. The third-order valence-corrected chi connectivity index (χ3v) is 4.37. The molecule has 1 aromatic carbocycles. The topological polar surface area (TPSA) is 77.1 Å². The Morgan fingerprint density at radius 3 is 2.60 bits per heavy atom. The standard InChI is InChI=1S/C18H26N2O5/c1-23-10-8-19-18(22)14-12-16(21)20(9-11-24-2)17(14)13-6-4-5-7-15(13)25-3/h4-7,14,17H,8-12H2,1-3H3,(H,19,22)/t14-,17+/m1/s1. The molecule has 1 aliphatic heterocycles. The molecule has 7 nitrogen and oxygen atoms in total. The lowest BCUT2D eigenvalue weighted by Crippen LogP contribution is -2.38. The number of nitrogens with zero attached hydrogens (tertiary/aromatic N) is 1. The van der Waals surface area contributed by atoms with Crippen LogP contribution in [0.15, 0.2) is 24.3 Å². The van der Waals surface area contributed by atoms with Crippen molar-refractivity contribution in [1.29, 1.82) is 0 Å². The average Bonchev–Trinajstić information content (AvgIpc) is 2.96. The van der Waals surface area contributed by atoms with Crippen molar-refractivity contribution in [2.45, 2.75) is 12.5 Å². The number of carbonyl (C=O) groups excluding carboxylic acids is 2. The van der Waals surface area contributed by atoms with Gasteiger partial charge in [-0.15, -0.1) is 0 Å². The Morgan fingerprint density at radius 2 is 1.92 bits per heavy atom. The summed E-state index contributed by atoms with van der Waals surface area (Å²) in [5, 5.41) is 2.85. The number of hydrogen-bond donors (Lipinski definition) is 1. The smallest absolute Gasteiger partial charge is 0.226 e. The molecule has 0 unspecified atom stereocenters. The van der Waals surface area contributed by atoms with Crippen molar-refractivity contribution in [1.82, 2.24) is 10.2 Å². The summed E-state index contributed by atoms with van der Waals surface area (Å²) in [5.74, 6) is -0.0158. The van der Waals surface area contributed by atoms with Crippen molar-refractivity contribution in [3.05, 3.63) is 29.8 Å². The first-order valence-corrected chi connectivity index (χ1v) is 8.32. The summed E-state index contributed by atoms with van der Waals surface area (Å²) in [6, 6.07) is 7.12. The number of benzene rings is 1. The maximum atomic E-state index is 12.7. The Kier molecular flexibility index (Phi) is 7.21. The van der Waals surface area contributed by atoms with Crippen LogP contribution in [0.25, 0.3) is 0 Å². The Hall–Kier alpha value is -2.12. The van der Waals surface area contributed by atoms with Crippen molar-refractivity contribution in [3.8, 4) is 5.75 Å². The van der Waals surface area contributed by atoms with Crippen molar-refractivity contribution in [2.75, 3.05) is 47.6 Å². The van der Waals surface area contributed by atoms with Crippen LogP contribution in [-0.4, -0.2) is 64.3 Å². The molecule has 2 amide bonds. The van der Waals surface area contributed by atoms with E-state index in [1.165, 1.54) is 0 Å². The summed E-state index contributed by atoms with van der Waals surface area (Å²) < 4.78 is 15.5. The quantitative estimate of drug-likeness (QED) is 0.672. The van der Waals surface area contributed by atoms with E-state index >= 15 is 0 Å². The molecule has 1 saturated heterocycles. The number of para-hydroxylation sites is 1. The lowest BCUT2D eigenvalue weighted by atomic mass is 9.92. The number of likely N-dealkylation sites (tertiary alicyclic amines) is 1. The molecule has 1 N–H and O–H groups in total. The highest BCUT2D eigenvalue weighted by molar-refractivity contribution is 5.90. The molecule has 1 aromatic rings. The molecular weight excluding hydrogens is 324 g/mol. The predicted molar refractivity (Wildman–Crippen MR) is 92.3 cm³/mol. The van der Waals surface area contributed by atoms with Gasteiger partial charge in [0.15, 0.2) is 0 Å². The van der Waals surface area contributed by atoms with E-state index in [2.05, 4.69) is 5.32 Å². The van der Waals surface area contributed by atoms with Crippen molar-refractivity contribution in [3.63, 3.8) is 0 Å². The van der Waals surface area contributed by atoms with Crippen LogP contribution in [0.4, 0.5) is 0 Å². The molecule has 2 atom stereocenters. The van der Waals surface area contributed by atoms with Crippen molar-refractivity contribution < 1.29 is 23.8 Å². The Bertz CT molecular complexity index is 593. The zero-order valence-corrected chi connectivity index (χ0v) is 15.0. The second kappa shape index (κ2) is 9.39. The predicted octanol–water partition coefficient (Wildman–Crippen LogP) is 0.994. The van der Waals surface area contributed by atoms with Crippen molar-refractivity contribution in [2.24, 2.45) is 5.92 Å². The Balaban J connectivity index is 2.30. The normalized spacial score (nSPS) is 20.0. The van der Waals surface area contributed by atoms with E-state index < -0.39 is 5.92 Å². The molecule has 1 fully saturated rings. The van der Waals surface area contributed by atoms with Gasteiger partial charge in [0.25, 0.3) is 0 Å². The summed E-state index contributed by atoms with van der Waals surface area (Å²) in [4.78, 5) is 26.9. The van der Waals surface area contributed by atoms with Gasteiger partial charge in [0, 0.05) is 39.3 Å². The van der Waals surface area contributed by atoms with E-state index in [0.717, 1.165) is 5.56 Å². The van der Waals surface area contributed by atoms with Gasteiger partial charge in [-0.05, 0) is 6.07 Å². The fraction of sp³-hybridized carbons (Fsp3) is 0.556. The van der Waals surface area contributed by atoms with Gasteiger partial charge in [-0.25, -0.2) is 0 Å². The van der Waals surface area contributed by atoms with Gasteiger partial charge < -0.3 is 24.4 Å². The number of methoxy groups -OCH3 is 3. The largest absolute Gasteiger partial charge is 0.496 e. The minimum atomic E-state index is -0.475. The molecule has 0 spiro atoms. The van der Waals surface area contributed by atoms with E-state index in [9.17, 15) is 9.59 Å². The third-order valence-electron chi connectivity index (χ3n) is 4.37. The van der Waals surface area contributed by atoms with Gasteiger partial charge in [-0.1, -0.05) is 18.2 Å². The van der Waals surface area contributed by atoms with Gasteiger partial charge in [-0.3, -0.25) is 9.59 Å². The first-order chi connectivity index (χ1) is 12.1. The number of carbonyl (C=O) groups is 2. The summed E-state index contributed by atoms with van der Waals surface area (Å²) in [6.45, 7) is 1.69. The van der Waals surface area contributed by atoms with Crippen LogP contribution in [0, 0.1) is 5.92 Å². The van der Waals surface area contributed by atoms with Crippen LogP contribution in [0.2, 0.25) is 0 Å². The molecule has 1 heterocycles. The number of rotatable bonds is 9. The molecule has 0 radical (unpaired) electrons. The first-order valence-electron chi connectivity index (χ1n) is 8.32. The Morgan fingerprint density at radius 1 is 1.20 bits per heavy atom. The van der Waals surface area contributed by atoms with Crippen LogP contribution in [0.3, 0.4) is 0 Å². The zero-order chi connectivity index (χ0) is 18.2. The molecule has 138 valence electrons.